The Morgan fingerprint density at radius 1 is 1.07 bits per heavy atom. The molecule has 3 aromatic heterocycles. The van der Waals surface area contributed by atoms with Crippen LogP contribution in [0.5, 0.6) is 17.4 Å². The van der Waals surface area contributed by atoms with E-state index < -0.39 is 0 Å². The Morgan fingerprint density at radius 3 is 2.80 bits per heavy atom. The number of hydrogen-bond donors (Lipinski definition) is 0. The number of rotatable bonds is 5. The molecule has 0 N–H and O–H groups in total. The van der Waals surface area contributed by atoms with Crippen LogP contribution in [0, 0.1) is 6.20 Å². The van der Waals surface area contributed by atoms with Crippen molar-refractivity contribution in [1.29, 1.82) is 0 Å². The van der Waals surface area contributed by atoms with Crippen LogP contribution in [0.4, 0.5) is 0 Å². The van der Waals surface area contributed by atoms with Crippen LogP contribution in [-0.2, 0) is 7.05 Å². The molecule has 0 atom stereocenters. The van der Waals surface area contributed by atoms with Crippen LogP contribution in [0.15, 0.2) is 65.4 Å². The Morgan fingerprint density at radius 2 is 1.97 bits per heavy atom. The van der Waals surface area contributed by atoms with Crippen LogP contribution in [0.1, 0.15) is 0 Å². The van der Waals surface area contributed by atoms with Gasteiger partial charge in [0, 0.05) is 18.5 Å². The van der Waals surface area contributed by atoms with Crippen molar-refractivity contribution in [2.45, 2.75) is 0 Å². The number of nitrogens with zero attached hydrogens (tertiary/aromatic N) is 5. The minimum atomic E-state index is 0.260. The fourth-order valence-electron chi connectivity index (χ4n) is 3.10. The summed E-state index contributed by atoms with van der Waals surface area (Å²) >= 11 is 0. The maximum Gasteiger partial charge on any atom is 0.278 e. The molecule has 0 saturated heterocycles. The van der Waals surface area contributed by atoms with Crippen molar-refractivity contribution in [2.24, 2.45) is 7.05 Å². The summed E-state index contributed by atoms with van der Waals surface area (Å²) in [7, 11) is 3.53. The molecule has 2 aromatic carbocycles. The normalized spacial score (nSPS) is 11.0. The Balaban J connectivity index is 1.37. The SMILES string of the molecule is COc1ccccc1-c1noc(-c2cnc(Oc3ccc4c[c]n(C)c4c3)cn2)n1. The molecule has 0 aliphatic carbocycles. The molecule has 5 rings (SSSR count). The van der Waals surface area contributed by atoms with E-state index in [1.165, 1.54) is 12.4 Å². The highest BCUT2D eigenvalue weighted by molar-refractivity contribution is 5.81. The standard InChI is InChI=1S/C22H16N5O3/c1-27-10-9-14-7-8-15(11-18(14)27)29-20-13-23-17(12-24-20)22-25-21(26-30-22)16-5-3-4-6-19(16)28-2/h3-9,11-13H,1-2H3. The molecule has 1 radical (unpaired) electrons. The van der Waals surface area contributed by atoms with Gasteiger partial charge in [-0.3, -0.25) is 0 Å². The molecule has 0 spiro atoms. The van der Waals surface area contributed by atoms with E-state index in [4.69, 9.17) is 14.0 Å². The first-order chi connectivity index (χ1) is 14.7. The maximum absolute atomic E-state index is 5.82. The Kier molecular flexibility index (Phi) is 4.36. The number of para-hydroxylation sites is 1. The van der Waals surface area contributed by atoms with Gasteiger partial charge in [0.15, 0.2) is 0 Å². The molecule has 5 aromatic rings. The van der Waals surface area contributed by atoms with E-state index in [0.29, 0.717) is 28.9 Å². The maximum atomic E-state index is 5.82. The van der Waals surface area contributed by atoms with Crippen molar-refractivity contribution >= 4 is 10.9 Å². The van der Waals surface area contributed by atoms with Crippen molar-refractivity contribution in [3.8, 4) is 40.4 Å². The minimum absolute atomic E-state index is 0.260. The summed E-state index contributed by atoms with van der Waals surface area (Å²) in [5, 5.41) is 5.11. The highest BCUT2D eigenvalue weighted by Gasteiger charge is 2.15. The van der Waals surface area contributed by atoms with Crippen molar-refractivity contribution in [1.82, 2.24) is 24.7 Å². The summed E-state index contributed by atoms with van der Waals surface area (Å²) in [6.45, 7) is 0. The fraction of sp³-hybridized carbons (Fsp3) is 0.0909. The first kappa shape index (κ1) is 17.9. The second kappa shape index (κ2) is 7.32. The predicted molar refractivity (Wildman–Crippen MR) is 109 cm³/mol. The number of aryl methyl sites for hydroxylation is 1. The third-order valence-electron chi connectivity index (χ3n) is 4.62. The third-order valence-corrected chi connectivity index (χ3v) is 4.62. The zero-order valence-electron chi connectivity index (χ0n) is 16.2. The summed E-state index contributed by atoms with van der Waals surface area (Å²) in [5.74, 6) is 2.36. The Hall–Kier alpha value is -4.20. The topological polar surface area (TPSA) is 88.1 Å². The minimum Gasteiger partial charge on any atom is -0.496 e. The van der Waals surface area contributed by atoms with Gasteiger partial charge in [0.1, 0.15) is 17.2 Å². The van der Waals surface area contributed by atoms with Gasteiger partial charge in [0.05, 0.1) is 36.8 Å². The molecule has 0 fully saturated rings. The Labute approximate surface area is 171 Å². The summed E-state index contributed by atoms with van der Waals surface area (Å²) in [6, 6.07) is 15.2. The van der Waals surface area contributed by atoms with Gasteiger partial charge in [-0.2, -0.15) is 4.98 Å². The third kappa shape index (κ3) is 3.24. The highest BCUT2D eigenvalue weighted by Crippen LogP contribution is 2.29. The molecule has 30 heavy (non-hydrogen) atoms. The average molecular weight is 398 g/mol. The van der Waals surface area contributed by atoms with E-state index in [2.05, 4.69) is 26.3 Å². The van der Waals surface area contributed by atoms with Crippen molar-refractivity contribution in [3.05, 3.63) is 67.1 Å². The molecule has 0 saturated carbocycles. The quantitative estimate of drug-likeness (QED) is 0.436. The predicted octanol–water partition coefficient (Wildman–Crippen LogP) is 4.29. The van der Waals surface area contributed by atoms with Crippen molar-refractivity contribution in [2.75, 3.05) is 7.11 Å². The molecule has 0 bridgehead atoms. The lowest BCUT2D eigenvalue weighted by molar-refractivity contribution is 0.413. The van der Waals surface area contributed by atoms with Crippen molar-refractivity contribution in [3.63, 3.8) is 0 Å². The van der Waals surface area contributed by atoms with E-state index in [-0.39, 0.29) is 5.89 Å². The molecule has 0 unspecified atom stereocenters. The van der Waals surface area contributed by atoms with Crippen LogP contribution in [-0.4, -0.2) is 31.8 Å². The van der Waals surface area contributed by atoms with Crippen LogP contribution in [0.25, 0.3) is 33.9 Å². The largest absolute Gasteiger partial charge is 0.496 e. The first-order valence-electron chi connectivity index (χ1n) is 9.16. The number of methoxy groups -OCH3 is 1. The van der Waals surface area contributed by atoms with Crippen LogP contribution in [0.3, 0.4) is 0 Å². The molecular weight excluding hydrogens is 382 g/mol. The van der Waals surface area contributed by atoms with Crippen LogP contribution >= 0.6 is 0 Å². The Bertz CT molecular complexity index is 1320. The van der Waals surface area contributed by atoms with Crippen LogP contribution in [0.2, 0.25) is 0 Å². The van der Waals surface area contributed by atoms with Gasteiger partial charge in [-0.05, 0) is 30.3 Å². The molecular formula is C22H16N5O3. The molecule has 8 heteroatoms. The lowest BCUT2D eigenvalue weighted by atomic mass is 10.2. The van der Waals surface area contributed by atoms with Gasteiger partial charge < -0.3 is 18.6 Å². The van der Waals surface area contributed by atoms with Gasteiger partial charge >= 0.3 is 0 Å². The molecule has 0 aliphatic rings. The number of ether oxygens (including phenoxy) is 2. The van der Waals surface area contributed by atoms with E-state index in [1.54, 1.807) is 7.11 Å². The van der Waals surface area contributed by atoms with E-state index >= 15 is 0 Å². The summed E-state index contributed by atoms with van der Waals surface area (Å²) in [6.07, 6.45) is 6.17. The van der Waals surface area contributed by atoms with Crippen LogP contribution < -0.4 is 9.47 Å². The second-order valence-electron chi connectivity index (χ2n) is 6.52. The summed E-state index contributed by atoms with van der Waals surface area (Å²) in [4.78, 5) is 13.0. The average Bonchev–Trinajstić information content (AvgIpc) is 3.42. The summed E-state index contributed by atoms with van der Waals surface area (Å²) in [5.41, 5.74) is 2.20. The lowest BCUT2D eigenvalue weighted by Gasteiger charge is -2.05. The fourth-order valence-corrected chi connectivity index (χ4v) is 3.10. The van der Waals surface area contributed by atoms with Gasteiger partial charge in [-0.1, -0.05) is 17.3 Å². The summed E-state index contributed by atoms with van der Waals surface area (Å²) < 4.78 is 18.4. The molecule has 147 valence electrons. The monoisotopic (exact) mass is 398 g/mol. The van der Waals surface area contributed by atoms with E-state index in [0.717, 1.165) is 16.5 Å². The van der Waals surface area contributed by atoms with Gasteiger partial charge in [-0.25, -0.2) is 9.97 Å². The van der Waals surface area contributed by atoms with E-state index in [9.17, 15) is 0 Å². The molecule has 0 aliphatic heterocycles. The second-order valence-corrected chi connectivity index (χ2v) is 6.52. The number of aromatic nitrogens is 5. The first-order valence-corrected chi connectivity index (χ1v) is 9.16. The van der Waals surface area contributed by atoms with Crippen molar-refractivity contribution < 1.29 is 14.0 Å². The molecule has 0 amide bonds. The van der Waals surface area contributed by atoms with Gasteiger partial charge in [0.25, 0.3) is 5.89 Å². The highest BCUT2D eigenvalue weighted by atomic mass is 16.5. The zero-order valence-corrected chi connectivity index (χ0v) is 16.2. The number of benzene rings is 2. The number of fused-ring (bicyclic) bond motifs is 1. The smallest absolute Gasteiger partial charge is 0.278 e. The zero-order chi connectivity index (χ0) is 20.5. The van der Waals surface area contributed by atoms with Gasteiger partial charge in [0.2, 0.25) is 11.7 Å². The molecule has 3 heterocycles. The molecule has 8 nitrogen and oxygen atoms in total. The van der Waals surface area contributed by atoms with Gasteiger partial charge in [-0.15, -0.1) is 0 Å². The van der Waals surface area contributed by atoms with E-state index in [1.807, 2.05) is 60.1 Å². The number of hydrogen-bond acceptors (Lipinski definition) is 7. The lowest BCUT2D eigenvalue weighted by Crippen LogP contribution is -1.92.